The van der Waals surface area contributed by atoms with Crippen LogP contribution in [0.5, 0.6) is 0 Å². The van der Waals surface area contributed by atoms with Gasteiger partial charge < -0.3 is 9.80 Å². The second-order valence-electron chi connectivity index (χ2n) is 18.4. The second-order valence-corrected chi connectivity index (χ2v) is 18.4. The first kappa shape index (κ1) is 42.6. The van der Waals surface area contributed by atoms with Gasteiger partial charge in [0.25, 0.3) is 0 Å². The largest absolute Gasteiger partial charge is 0.311 e. The first-order valence-corrected chi connectivity index (χ1v) is 24.8. The van der Waals surface area contributed by atoms with Crippen molar-refractivity contribution < 1.29 is 0 Å². The molecule has 0 saturated heterocycles. The van der Waals surface area contributed by atoms with Crippen LogP contribution in [-0.2, 0) is 0 Å². The highest BCUT2D eigenvalue weighted by atomic mass is 15.1. The molecule has 0 amide bonds. The van der Waals surface area contributed by atoms with Gasteiger partial charge in [-0.25, -0.2) is 0 Å². The van der Waals surface area contributed by atoms with Crippen molar-refractivity contribution in [2.24, 2.45) is 0 Å². The van der Waals surface area contributed by atoms with Gasteiger partial charge in [0.05, 0.1) is 0 Å². The number of benzene rings is 13. The van der Waals surface area contributed by atoms with Gasteiger partial charge in [0.15, 0.2) is 0 Å². The highest BCUT2D eigenvalue weighted by molar-refractivity contribution is 6.23. The fourth-order valence-corrected chi connectivity index (χ4v) is 11.1. The van der Waals surface area contributed by atoms with E-state index >= 15 is 0 Å². The summed E-state index contributed by atoms with van der Waals surface area (Å²) in [6, 6.07) is 106. The van der Waals surface area contributed by atoms with Gasteiger partial charge >= 0.3 is 0 Å². The average molecular weight is 917 g/mol. The average Bonchev–Trinajstić information content (AvgIpc) is 3.45. The third kappa shape index (κ3) is 7.54. The number of nitrogens with zero attached hydrogens (tertiary/aromatic N) is 2. The minimum absolute atomic E-state index is 1.11. The van der Waals surface area contributed by atoms with Gasteiger partial charge in [-0.05, 0) is 166 Å². The first-order valence-electron chi connectivity index (χ1n) is 24.8. The zero-order valence-corrected chi connectivity index (χ0v) is 39.6. The summed E-state index contributed by atoms with van der Waals surface area (Å²) in [7, 11) is 0. The van der Waals surface area contributed by atoms with Crippen LogP contribution in [0.15, 0.2) is 291 Å². The fourth-order valence-electron chi connectivity index (χ4n) is 11.1. The van der Waals surface area contributed by atoms with Crippen LogP contribution in [-0.4, -0.2) is 0 Å². The SMILES string of the molecule is c1ccc(N(c2ccccc2)c2ccc(-c3c4ccccc4c(-c4cccc(-c5c6ccccc6c(-c6ccc(N(c7ccccc7)c7ccccc7)cc6)c6ccccc56)c4)c4ccccc34)cc2)cc1. The van der Waals surface area contributed by atoms with Crippen molar-refractivity contribution in [2.45, 2.75) is 0 Å². The summed E-state index contributed by atoms with van der Waals surface area (Å²) < 4.78 is 0. The van der Waals surface area contributed by atoms with Gasteiger partial charge in [-0.3, -0.25) is 0 Å². The van der Waals surface area contributed by atoms with Crippen molar-refractivity contribution in [3.05, 3.63) is 291 Å². The summed E-state index contributed by atoms with van der Waals surface area (Å²) in [6.45, 7) is 0. The van der Waals surface area contributed by atoms with Crippen molar-refractivity contribution in [3.8, 4) is 44.5 Å². The molecule has 2 heteroatoms. The maximum Gasteiger partial charge on any atom is 0.0462 e. The molecule has 72 heavy (non-hydrogen) atoms. The lowest BCUT2D eigenvalue weighted by atomic mass is 9.83. The van der Waals surface area contributed by atoms with E-state index in [9.17, 15) is 0 Å². The summed E-state index contributed by atoms with van der Waals surface area (Å²) in [4.78, 5) is 4.64. The van der Waals surface area contributed by atoms with E-state index < -0.39 is 0 Å². The zero-order valence-electron chi connectivity index (χ0n) is 39.6. The van der Waals surface area contributed by atoms with Crippen LogP contribution in [0.25, 0.3) is 87.6 Å². The minimum atomic E-state index is 1.11. The van der Waals surface area contributed by atoms with E-state index in [2.05, 4.69) is 301 Å². The van der Waals surface area contributed by atoms with E-state index in [0.29, 0.717) is 0 Å². The summed E-state index contributed by atoms with van der Waals surface area (Å²) >= 11 is 0. The normalized spacial score (nSPS) is 11.3. The molecule has 0 aliphatic rings. The molecule has 13 rings (SSSR count). The van der Waals surface area contributed by atoms with E-state index in [1.165, 1.54) is 87.6 Å². The maximum atomic E-state index is 2.43. The van der Waals surface area contributed by atoms with Crippen LogP contribution in [0.1, 0.15) is 0 Å². The number of rotatable bonds is 10. The van der Waals surface area contributed by atoms with Crippen molar-refractivity contribution >= 4 is 77.2 Å². The molecule has 0 atom stereocenters. The summed E-state index contributed by atoms with van der Waals surface area (Å²) in [5.41, 5.74) is 16.4. The van der Waals surface area contributed by atoms with Gasteiger partial charge in [-0.2, -0.15) is 0 Å². The number of fused-ring (bicyclic) bond motifs is 4. The molecule has 13 aromatic rings. The van der Waals surface area contributed by atoms with Gasteiger partial charge in [-0.1, -0.05) is 212 Å². The van der Waals surface area contributed by atoms with E-state index in [1.807, 2.05) is 0 Å². The molecular weight excluding hydrogens is 869 g/mol. The highest BCUT2D eigenvalue weighted by Crippen LogP contribution is 2.48. The Morgan fingerprint density at radius 2 is 0.361 bits per heavy atom. The third-order valence-corrected chi connectivity index (χ3v) is 14.2. The quantitative estimate of drug-likeness (QED) is 0.126. The molecule has 0 fully saturated rings. The van der Waals surface area contributed by atoms with E-state index in [4.69, 9.17) is 0 Å². The van der Waals surface area contributed by atoms with Crippen molar-refractivity contribution in [1.29, 1.82) is 0 Å². The lowest BCUT2D eigenvalue weighted by Gasteiger charge is -2.26. The molecule has 0 unspecified atom stereocenters. The first-order chi connectivity index (χ1) is 35.8. The van der Waals surface area contributed by atoms with Crippen LogP contribution in [0.3, 0.4) is 0 Å². The lowest BCUT2D eigenvalue weighted by Crippen LogP contribution is -2.09. The number of anilines is 6. The van der Waals surface area contributed by atoms with E-state index in [-0.39, 0.29) is 0 Å². The molecule has 0 saturated carbocycles. The van der Waals surface area contributed by atoms with Crippen LogP contribution >= 0.6 is 0 Å². The van der Waals surface area contributed by atoms with Gasteiger partial charge in [-0.15, -0.1) is 0 Å². The Kier molecular flexibility index (Phi) is 10.9. The Hall–Kier alpha value is -9.50. The molecule has 0 aliphatic carbocycles. The summed E-state index contributed by atoms with van der Waals surface area (Å²) in [6.07, 6.45) is 0. The Bertz CT molecular complexity index is 3600. The summed E-state index contributed by atoms with van der Waals surface area (Å²) in [5, 5.41) is 9.85. The van der Waals surface area contributed by atoms with Crippen LogP contribution in [0.4, 0.5) is 34.1 Å². The van der Waals surface area contributed by atoms with E-state index in [1.54, 1.807) is 0 Å². The van der Waals surface area contributed by atoms with Crippen LogP contribution in [0, 0.1) is 0 Å². The van der Waals surface area contributed by atoms with Crippen LogP contribution < -0.4 is 9.80 Å². The van der Waals surface area contributed by atoms with Gasteiger partial charge in [0, 0.05) is 34.1 Å². The predicted molar refractivity (Wildman–Crippen MR) is 308 cm³/mol. The molecule has 0 heterocycles. The number of hydrogen-bond donors (Lipinski definition) is 0. The smallest absolute Gasteiger partial charge is 0.0462 e. The van der Waals surface area contributed by atoms with Gasteiger partial charge in [0.2, 0.25) is 0 Å². The third-order valence-electron chi connectivity index (χ3n) is 14.2. The molecule has 0 aliphatic heterocycles. The van der Waals surface area contributed by atoms with Crippen molar-refractivity contribution in [1.82, 2.24) is 0 Å². The monoisotopic (exact) mass is 916 g/mol. The number of para-hydroxylation sites is 4. The fraction of sp³-hybridized carbons (Fsp3) is 0. The molecule has 0 aromatic heterocycles. The highest BCUT2D eigenvalue weighted by Gasteiger charge is 2.21. The zero-order chi connectivity index (χ0) is 47.8. The standard InChI is InChI=1S/C70H48N2/c1-5-24-53(25-6-1)71(54-26-7-2-8-27-54)57-44-40-49(41-45-57)67-59-32-13-17-36-63(59)69(64-37-18-14-33-60(64)67)51-22-21-23-52(48-51)70-65-38-19-15-34-61(65)68(62-35-16-20-39-66(62)70)50-42-46-58(47-43-50)72(55-28-9-3-10-29-55)56-30-11-4-12-31-56/h1-48H. The number of hydrogen-bond acceptors (Lipinski definition) is 2. The van der Waals surface area contributed by atoms with Crippen molar-refractivity contribution in [2.75, 3.05) is 9.80 Å². The molecule has 338 valence electrons. The Labute approximate surface area is 420 Å². The molecule has 0 radical (unpaired) electrons. The molecule has 0 N–H and O–H groups in total. The second kappa shape index (κ2) is 18.4. The predicted octanol–water partition coefficient (Wildman–Crippen LogP) is 19.9. The van der Waals surface area contributed by atoms with Crippen LogP contribution in [0.2, 0.25) is 0 Å². The topological polar surface area (TPSA) is 6.48 Å². The molecular formula is C70H48N2. The minimum Gasteiger partial charge on any atom is -0.311 e. The molecule has 2 nitrogen and oxygen atoms in total. The maximum absolute atomic E-state index is 2.43. The van der Waals surface area contributed by atoms with Gasteiger partial charge in [0.1, 0.15) is 0 Å². The Morgan fingerprint density at radius 1 is 0.153 bits per heavy atom. The summed E-state index contributed by atoms with van der Waals surface area (Å²) in [5.74, 6) is 0. The molecule has 0 spiro atoms. The Morgan fingerprint density at radius 3 is 0.611 bits per heavy atom. The van der Waals surface area contributed by atoms with E-state index in [0.717, 1.165) is 34.1 Å². The molecule has 13 aromatic carbocycles. The van der Waals surface area contributed by atoms with Crippen molar-refractivity contribution in [3.63, 3.8) is 0 Å². The lowest BCUT2D eigenvalue weighted by molar-refractivity contribution is 1.28. The Balaban J connectivity index is 0.934. The molecule has 0 bridgehead atoms.